The van der Waals surface area contributed by atoms with Crippen molar-refractivity contribution in [1.29, 1.82) is 0 Å². The maximum atomic E-state index is 12.5. The Labute approximate surface area is 249 Å². The molecule has 2 N–H and O–H groups in total. The summed E-state index contributed by atoms with van der Waals surface area (Å²) in [6, 6.07) is 15.8. The van der Waals surface area contributed by atoms with Crippen molar-refractivity contribution in [2.75, 3.05) is 29.2 Å². The van der Waals surface area contributed by atoms with Crippen LogP contribution in [0.1, 0.15) is 38.3 Å². The number of nitrogens with zero attached hydrogens (tertiary/aromatic N) is 6. The van der Waals surface area contributed by atoms with Crippen LogP contribution in [0.25, 0.3) is 0 Å². The van der Waals surface area contributed by atoms with Gasteiger partial charge in [0, 0.05) is 32.3 Å². The minimum atomic E-state index is -0.127. The summed E-state index contributed by atoms with van der Waals surface area (Å²) in [5, 5.41) is 25.1. The predicted molar refractivity (Wildman–Crippen MR) is 167 cm³/mol. The van der Waals surface area contributed by atoms with E-state index in [1.807, 2.05) is 54.7 Å². The quantitative estimate of drug-likeness (QED) is 0.160. The van der Waals surface area contributed by atoms with Crippen molar-refractivity contribution >= 4 is 68.9 Å². The van der Waals surface area contributed by atoms with Crippen LogP contribution >= 0.6 is 34.4 Å². The number of carbonyl (C=O) groups is 2. The Kier molecular flexibility index (Phi) is 9.94. The average Bonchev–Trinajstić information content (AvgIpc) is 3.57. The van der Waals surface area contributed by atoms with Crippen molar-refractivity contribution in [3.63, 3.8) is 0 Å². The summed E-state index contributed by atoms with van der Waals surface area (Å²) in [5.74, 6) is 1.52. The lowest BCUT2D eigenvalue weighted by Gasteiger charge is -2.04. The Bertz CT molecular complexity index is 1560. The Balaban J connectivity index is 0.977. The van der Waals surface area contributed by atoms with Gasteiger partial charge in [-0.15, -0.1) is 20.4 Å². The second kappa shape index (κ2) is 14.2. The van der Waals surface area contributed by atoms with Gasteiger partial charge in [0.2, 0.25) is 22.1 Å². The summed E-state index contributed by atoms with van der Waals surface area (Å²) in [6.07, 6.45) is 5.73. The molecule has 0 radical (unpaired) electrons. The number of rotatable bonds is 14. The number of aliphatic imine (C=N–C) groups is 2. The van der Waals surface area contributed by atoms with Gasteiger partial charge in [-0.05, 0) is 39.8 Å². The zero-order valence-corrected chi connectivity index (χ0v) is 24.8. The van der Waals surface area contributed by atoms with Crippen molar-refractivity contribution in [2.24, 2.45) is 9.98 Å². The van der Waals surface area contributed by atoms with Gasteiger partial charge in [0.15, 0.2) is 0 Å². The Morgan fingerprint density at radius 3 is 2.05 bits per heavy atom. The van der Waals surface area contributed by atoms with E-state index in [4.69, 9.17) is 0 Å². The maximum Gasteiger partial charge on any atom is 0.230 e. The van der Waals surface area contributed by atoms with Gasteiger partial charge in [-0.2, -0.15) is 11.8 Å². The Morgan fingerprint density at radius 1 is 0.878 bits per heavy atom. The number of aryl methyl sites for hydroxylation is 2. The first-order valence-electron chi connectivity index (χ1n) is 13.0. The van der Waals surface area contributed by atoms with Gasteiger partial charge in [-0.1, -0.05) is 65.1 Å². The lowest BCUT2D eigenvalue weighted by molar-refractivity contribution is -0.116. The van der Waals surface area contributed by atoms with E-state index >= 15 is 0 Å². The van der Waals surface area contributed by atoms with Crippen LogP contribution in [0, 0.1) is 0 Å². The first-order chi connectivity index (χ1) is 20.0. The molecule has 13 heteroatoms. The lowest BCUT2D eigenvalue weighted by Crippen LogP contribution is -2.14. The molecule has 0 saturated carbocycles. The SMILES string of the molecule is CN=Cc1cccc(CC(=O)Nc2nnc(CCSCCc3nnc(NC(=O)Cc4cccc(C5C=N5)c4)s3)s2)c1. The molecule has 1 atom stereocenters. The molecule has 0 saturated heterocycles. The van der Waals surface area contributed by atoms with Gasteiger partial charge in [0.05, 0.1) is 12.8 Å². The smallest absolute Gasteiger partial charge is 0.230 e. The van der Waals surface area contributed by atoms with Crippen molar-refractivity contribution in [2.45, 2.75) is 31.7 Å². The standard InChI is InChI=1S/C28H28N8O2S3/c1-29-16-20-6-2-4-18(12-20)14-23(37)31-27-35-33-25(40-27)8-10-39-11-9-26-34-36-28(41-26)32-24(38)15-19-5-3-7-21(13-19)22-17-30-22/h2-7,12-13,16-17,22H,8-11,14-15H2,1H3,(H,31,35,37)(H,32,36,38). The number of benzene rings is 2. The molecule has 0 bridgehead atoms. The molecular weight excluding hydrogens is 577 g/mol. The number of nitrogens with one attached hydrogen (secondary N) is 2. The summed E-state index contributed by atoms with van der Waals surface area (Å²) >= 11 is 4.59. The number of hydrogen-bond acceptors (Lipinski definition) is 11. The number of hydrogen-bond donors (Lipinski definition) is 2. The summed E-state index contributed by atoms with van der Waals surface area (Å²) in [7, 11) is 1.72. The van der Waals surface area contributed by atoms with Gasteiger partial charge < -0.3 is 10.6 Å². The summed E-state index contributed by atoms with van der Waals surface area (Å²) in [6.45, 7) is 0. The fourth-order valence-corrected chi connectivity index (χ4v) is 6.61. The van der Waals surface area contributed by atoms with E-state index in [-0.39, 0.29) is 30.7 Å². The van der Waals surface area contributed by atoms with Crippen LogP contribution in [-0.2, 0) is 35.3 Å². The van der Waals surface area contributed by atoms with Gasteiger partial charge >= 0.3 is 0 Å². The molecule has 1 unspecified atom stereocenters. The van der Waals surface area contributed by atoms with Crippen LogP contribution in [0.3, 0.4) is 0 Å². The monoisotopic (exact) mass is 604 g/mol. The maximum absolute atomic E-state index is 12.5. The minimum absolute atomic E-state index is 0.111. The van der Waals surface area contributed by atoms with Gasteiger partial charge in [0.1, 0.15) is 16.1 Å². The third kappa shape index (κ3) is 9.10. The molecule has 2 amide bonds. The molecule has 41 heavy (non-hydrogen) atoms. The van der Waals surface area contributed by atoms with Gasteiger partial charge in [0.25, 0.3) is 0 Å². The van der Waals surface area contributed by atoms with Gasteiger partial charge in [-0.3, -0.25) is 19.6 Å². The fraction of sp³-hybridized carbons (Fsp3) is 0.286. The number of amides is 2. The van der Waals surface area contributed by atoms with Crippen LogP contribution in [0.2, 0.25) is 0 Å². The topological polar surface area (TPSA) is 134 Å². The third-order valence-corrected chi connectivity index (χ3v) is 8.68. The largest absolute Gasteiger partial charge is 0.300 e. The first kappa shape index (κ1) is 28.7. The molecule has 0 spiro atoms. The molecule has 2 aromatic carbocycles. The van der Waals surface area contributed by atoms with Crippen LogP contribution in [0.5, 0.6) is 0 Å². The molecular formula is C28H28N8O2S3. The van der Waals surface area contributed by atoms with E-state index in [0.717, 1.165) is 56.6 Å². The molecule has 1 aliphatic rings. The average molecular weight is 605 g/mol. The lowest BCUT2D eigenvalue weighted by atomic mass is 10.1. The van der Waals surface area contributed by atoms with E-state index in [2.05, 4.69) is 41.0 Å². The van der Waals surface area contributed by atoms with E-state index in [1.54, 1.807) is 25.0 Å². The van der Waals surface area contributed by atoms with Crippen molar-refractivity contribution < 1.29 is 9.59 Å². The molecule has 0 fully saturated rings. The number of carbonyl (C=O) groups excluding carboxylic acids is 2. The summed E-state index contributed by atoms with van der Waals surface area (Å²) in [5.41, 5.74) is 3.94. The van der Waals surface area contributed by atoms with Crippen LogP contribution in [0.4, 0.5) is 10.3 Å². The van der Waals surface area contributed by atoms with E-state index < -0.39 is 0 Å². The minimum Gasteiger partial charge on any atom is -0.300 e. The van der Waals surface area contributed by atoms with E-state index in [9.17, 15) is 9.59 Å². The second-order valence-electron chi connectivity index (χ2n) is 9.18. The molecule has 10 nitrogen and oxygen atoms in total. The van der Waals surface area contributed by atoms with E-state index in [1.165, 1.54) is 22.7 Å². The fourth-order valence-electron chi connectivity index (χ4n) is 3.96. The molecule has 1 aliphatic heterocycles. The Morgan fingerprint density at radius 2 is 1.46 bits per heavy atom. The first-order valence-corrected chi connectivity index (χ1v) is 15.8. The number of aromatic nitrogens is 4. The van der Waals surface area contributed by atoms with Crippen molar-refractivity contribution in [3.8, 4) is 0 Å². The molecule has 4 aromatic rings. The third-order valence-electron chi connectivity index (χ3n) is 5.90. The molecule has 2 aromatic heterocycles. The molecule has 3 heterocycles. The second-order valence-corrected chi connectivity index (χ2v) is 12.5. The van der Waals surface area contributed by atoms with Crippen molar-refractivity contribution in [3.05, 3.63) is 80.8 Å². The molecule has 0 aliphatic carbocycles. The van der Waals surface area contributed by atoms with Crippen molar-refractivity contribution in [1.82, 2.24) is 20.4 Å². The summed E-state index contributed by atoms with van der Waals surface area (Å²) < 4.78 is 0. The van der Waals surface area contributed by atoms with Gasteiger partial charge in [-0.25, -0.2) is 0 Å². The zero-order chi connectivity index (χ0) is 28.4. The highest BCUT2D eigenvalue weighted by molar-refractivity contribution is 7.99. The molecule has 5 rings (SSSR count). The normalized spacial score (nSPS) is 13.9. The summed E-state index contributed by atoms with van der Waals surface area (Å²) in [4.78, 5) is 33.1. The van der Waals surface area contributed by atoms with Crippen LogP contribution in [-0.4, -0.2) is 63.2 Å². The van der Waals surface area contributed by atoms with E-state index in [0.29, 0.717) is 10.3 Å². The number of thioether (sulfide) groups is 1. The Hall–Kier alpha value is -3.81. The number of anilines is 2. The van der Waals surface area contributed by atoms with Crippen LogP contribution in [0.15, 0.2) is 58.5 Å². The predicted octanol–water partition coefficient (Wildman–Crippen LogP) is 4.44. The van der Waals surface area contributed by atoms with Crippen LogP contribution < -0.4 is 10.6 Å². The highest BCUT2D eigenvalue weighted by atomic mass is 32.2. The highest BCUT2D eigenvalue weighted by Crippen LogP contribution is 2.25. The zero-order valence-electron chi connectivity index (χ0n) is 22.3. The molecule has 210 valence electrons. The highest BCUT2D eigenvalue weighted by Gasteiger charge is 2.17.